The van der Waals surface area contributed by atoms with Gasteiger partial charge in [0, 0.05) is 29.8 Å². The van der Waals surface area contributed by atoms with E-state index < -0.39 is 5.60 Å². The van der Waals surface area contributed by atoms with Gasteiger partial charge in [-0.25, -0.2) is 4.98 Å². The molecule has 0 saturated carbocycles. The Hall–Kier alpha value is -2.17. The number of H-pyrrole nitrogens is 1. The molecule has 0 radical (unpaired) electrons. The lowest BCUT2D eigenvalue weighted by molar-refractivity contribution is 0.116. The highest BCUT2D eigenvalue weighted by molar-refractivity contribution is 6.30. The molecule has 1 aromatic carbocycles. The molecule has 0 aliphatic carbocycles. The zero-order valence-corrected chi connectivity index (χ0v) is 11.2. The molecule has 0 bridgehead atoms. The van der Waals surface area contributed by atoms with E-state index >= 15 is 0 Å². The van der Waals surface area contributed by atoms with Crippen LogP contribution in [0.2, 0.25) is 5.02 Å². The molecule has 1 unspecified atom stereocenters. The van der Waals surface area contributed by atoms with Crippen molar-refractivity contribution in [3.63, 3.8) is 0 Å². The molecule has 0 aliphatic rings. The molecule has 5 heteroatoms. The molecule has 3 aromatic rings. The Kier molecular flexibility index (Phi) is 3.26. The van der Waals surface area contributed by atoms with Gasteiger partial charge in [0.05, 0.1) is 0 Å². The van der Waals surface area contributed by atoms with E-state index in [1.165, 1.54) is 0 Å². The summed E-state index contributed by atoms with van der Waals surface area (Å²) in [5.41, 5.74) is 0.00430. The Morgan fingerprint density at radius 1 is 0.950 bits per heavy atom. The number of halogens is 1. The number of rotatable bonds is 3. The third-order valence-electron chi connectivity index (χ3n) is 3.20. The van der Waals surface area contributed by atoms with Crippen LogP contribution in [-0.2, 0) is 5.60 Å². The summed E-state index contributed by atoms with van der Waals surface area (Å²) >= 11 is 5.92. The molecule has 20 heavy (non-hydrogen) atoms. The molecule has 0 aliphatic heterocycles. The largest absolute Gasteiger partial charge is 0.373 e. The average Bonchev–Trinajstić information content (AvgIpc) is 3.03. The van der Waals surface area contributed by atoms with Crippen LogP contribution in [0.15, 0.2) is 61.2 Å². The maximum Gasteiger partial charge on any atom is 0.173 e. The van der Waals surface area contributed by atoms with Crippen molar-refractivity contribution >= 4 is 11.6 Å². The summed E-state index contributed by atoms with van der Waals surface area (Å²) in [5.74, 6) is 0.450. The summed E-state index contributed by atoms with van der Waals surface area (Å²) in [7, 11) is 0. The van der Waals surface area contributed by atoms with E-state index in [0.29, 0.717) is 22.0 Å². The van der Waals surface area contributed by atoms with Crippen molar-refractivity contribution < 1.29 is 5.11 Å². The second kappa shape index (κ2) is 5.07. The molecule has 2 aromatic heterocycles. The van der Waals surface area contributed by atoms with E-state index in [9.17, 15) is 5.11 Å². The first-order valence-electron chi connectivity index (χ1n) is 6.10. The molecular weight excluding hydrogens is 274 g/mol. The Balaban J connectivity index is 2.21. The van der Waals surface area contributed by atoms with Crippen molar-refractivity contribution in [3.05, 3.63) is 83.2 Å². The SMILES string of the molecule is OC(c1ccncc1)(c1ccc(Cl)cc1)c1ncc[nH]1. The molecule has 2 N–H and O–H groups in total. The van der Waals surface area contributed by atoms with Crippen LogP contribution in [0.4, 0.5) is 0 Å². The van der Waals surface area contributed by atoms with Crippen LogP contribution in [0.25, 0.3) is 0 Å². The van der Waals surface area contributed by atoms with Crippen molar-refractivity contribution in [3.8, 4) is 0 Å². The van der Waals surface area contributed by atoms with Gasteiger partial charge in [0.1, 0.15) is 5.82 Å². The predicted molar refractivity (Wildman–Crippen MR) is 76.4 cm³/mol. The molecule has 0 saturated heterocycles. The summed E-state index contributed by atoms with van der Waals surface area (Å²) in [6.45, 7) is 0. The molecule has 4 nitrogen and oxygen atoms in total. The summed E-state index contributed by atoms with van der Waals surface area (Å²) in [6.07, 6.45) is 6.56. The normalized spacial score (nSPS) is 13.9. The van der Waals surface area contributed by atoms with Gasteiger partial charge in [-0.15, -0.1) is 0 Å². The van der Waals surface area contributed by atoms with Crippen LogP contribution in [0.5, 0.6) is 0 Å². The smallest absolute Gasteiger partial charge is 0.173 e. The van der Waals surface area contributed by atoms with Gasteiger partial charge in [-0.1, -0.05) is 23.7 Å². The second-order valence-electron chi connectivity index (χ2n) is 4.39. The number of pyridine rings is 1. The number of nitrogens with one attached hydrogen (secondary N) is 1. The fourth-order valence-corrected chi connectivity index (χ4v) is 2.31. The van der Waals surface area contributed by atoms with Crippen molar-refractivity contribution in [2.24, 2.45) is 0 Å². The first kappa shape index (κ1) is 12.8. The van der Waals surface area contributed by atoms with E-state index in [0.717, 1.165) is 0 Å². The number of imidazole rings is 1. The maximum absolute atomic E-state index is 11.2. The zero-order valence-electron chi connectivity index (χ0n) is 10.5. The van der Waals surface area contributed by atoms with E-state index in [2.05, 4.69) is 15.0 Å². The highest BCUT2D eigenvalue weighted by Crippen LogP contribution is 2.34. The zero-order chi connectivity index (χ0) is 14.0. The first-order valence-corrected chi connectivity index (χ1v) is 6.48. The number of hydrogen-bond donors (Lipinski definition) is 2. The van der Waals surface area contributed by atoms with Gasteiger partial charge in [0.25, 0.3) is 0 Å². The minimum absolute atomic E-state index is 0.450. The number of hydrogen-bond acceptors (Lipinski definition) is 3. The fourth-order valence-electron chi connectivity index (χ4n) is 2.19. The maximum atomic E-state index is 11.2. The van der Waals surface area contributed by atoms with Crippen LogP contribution < -0.4 is 0 Å². The molecule has 100 valence electrons. The number of aliphatic hydroxyl groups is 1. The van der Waals surface area contributed by atoms with Crippen LogP contribution in [0.1, 0.15) is 17.0 Å². The van der Waals surface area contributed by atoms with Crippen LogP contribution in [0.3, 0.4) is 0 Å². The Bertz CT molecular complexity index is 683. The summed E-state index contributed by atoms with van der Waals surface area (Å²) in [6, 6.07) is 10.6. The fraction of sp³-hybridized carbons (Fsp3) is 0.0667. The van der Waals surface area contributed by atoms with Crippen LogP contribution in [0, 0.1) is 0 Å². The van der Waals surface area contributed by atoms with Crippen molar-refractivity contribution in [2.45, 2.75) is 5.60 Å². The van der Waals surface area contributed by atoms with E-state index in [4.69, 9.17) is 11.6 Å². The molecule has 0 amide bonds. The van der Waals surface area contributed by atoms with Gasteiger partial charge in [0.15, 0.2) is 5.60 Å². The van der Waals surface area contributed by atoms with Gasteiger partial charge >= 0.3 is 0 Å². The average molecular weight is 286 g/mol. The van der Waals surface area contributed by atoms with Crippen molar-refractivity contribution in [2.75, 3.05) is 0 Å². The quantitative estimate of drug-likeness (QED) is 0.778. The Labute approximate surface area is 121 Å². The molecule has 2 heterocycles. The Morgan fingerprint density at radius 3 is 2.20 bits per heavy atom. The standard InChI is InChI=1S/C15H12ClN3O/c16-13-3-1-11(2-4-13)15(20,14-18-9-10-19-14)12-5-7-17-8-6-12/h1-10,20H,(H,18,19). The number of nitrogens with zero attached hydrogens (tertiary/aromatic N) is 2. The van der Waals surface area contributed by atoms with Gasteiger partial charge in [0.2, 0.25) is 0 Å². The number of benzene rings is 1. The first-order chi connectivity index (χ1) is 9.71. The lowest BCUT2D eigenvalue weighted by atomic mass is 9.86. The minimum Gasteiger partial charge on any atom is -0.373 e. The summed E-state index contributed by atoms with van der Waals surface area (Å²) < 4.78 is 0. The van der Waals surface area contributed by atoms with Crippen molar-refractivity contribution in [1.82, 2.24) is 15.0 Å². The topological polar surface area (TPSA) is 61.8 Å². The van der Waals surface area contributed by atoms with Crippen LogP contribution in [-0.4, -0.2) is 20.1 Å². The van der Waals surface area contributed by atoms with Gasteiger partial charge in [-0.2, -0.15) is 0 Å². The van der Waals surface area contributed by atoms with Gasteiger partial charge in [-0.05, 0) is 35.4 Å². The number of aromatic amines is 1. The number of aromatic nitrogens is 3. The second-order valence-corrected chi connectivity index (χ2v) is 4.83. The third kappa shape index (κ3) is 2.09. The van der Waals surface area contributed by atoms with E-state index in [-0.39, 0.29) is 0 Å². The molecular formula is C15H12ClN3O. The minimum atomic E-state index is -1.36. The summed E-state index contributed by atoms with van der Waals surface area (Å²) in [5, 5.41) is 11.9. The lowest BCUT2D eigenvalue weighted by Crippen LogP contribution is -2.30. The van der Waals surface area contributed by atoms with Crippen LogP contribution >= 0.6 is 11.6 Å². The Morgan fingerprint density at radius 2 is 1.60 bits per heavy atom. The van der Waals surface area contributed by atoms with E-state index in [1.807, 2.05) is 0 Å². The lowest BCUT2D eigenvalue weighted by Gasteiger charge is -2.27. The third-order valence-corrected chi connectivity index (χ3v) is 3.45. The summed E-state index contributed by atoms with van der Waals surface area (Å²) in [4.78, 5) is 11.2. The highest BCUT2D eigenvalue weighted by atomic mass is 35.5. The molecule has 0 spiro atoms. The monoisotopic (exact) mass is 285 g/mol. The van der Waals surface area contributed by atoms with Gasteiger partial charge in [-0.3, -0.25) is 4.98 Å². The predicted octanol–water partition coefficient (Wildman–Crippen LogP) is 2.74. The van der Waals surface area contributed by atoms with Gasteiger partial charge < -0.3 is 10.1 Å². The molecule has 0 fully saturated rings. The molecule has 1 atom stereocenters. The van der Waals surface area contributed by atoms with E-state index in [1.54, 1.807) is 61.2 Å². The van der Waals surface area contributed by atoms with Crippen molar-refractivity contribution in [1.29, 1.82) is 0 Å². The highest BCUT2D eigenvalue weighted by Gasteiger charge is 2.36. The molecule has 3 rings (SSSR count).